The summed E-state index contributed by atoms with van der Waals surface area (Å²) in [5.41, 5.74) is -4.75. The number of fused-ring (bicyclic) bond motifs is 2. The normalized spacial score (nSPS) is 18.6. The fourth-order valence-corrected chi connectivity index (χ4v) is 5.72. The van der Waals surface area contributed by atoms with Gasteiger partial charge in [-0.2, -0.15) is 0 Å². The molecule has 1 aliphatic rings. The Bertz CT molecular complexity index is 2000. The maximum Gasteiger partial charge on any atom is 0.280 e. The molecule has 0 radical (unpaired) electrons. The third-order valence-corrected chi connectivity index (χ3v) is 8.26. The lowest BCUT2D eigenvalue weighted by molar-refractivity contribution is 0.0914. The molecule has 4 aromatic rings. The topological polar surface area (TPSA) is 120 Å². The van der Waals surface area contributed by atoms with E-state index in [1.54, 1.807) is 0 Å². The van der Waals surface area contributed by atoms with Crippen molar-refractivity contribution in [2.45, 2.75) is 43.3 Å². The van der Waals surface area contributed by atoms with Crippen LogP contribution >= 0.6 is 0 Å². The predicted octanol–water partition coefficient (Wildman–Crippen LogP) is 5.50. The molecule has 0 bridgehead atoms. The number of sulfone groups is 1. The zero-order valence-electron chi connectivity index (χ0n) is 26.7. The molecule has 5 rings (SSSR count). The molecular formula is C28H23F5N4O5S. The molecule has 1 aromatic carbocycles. The quantitative estimate of drug-likeness (QED) is 0.255. The van der Waals surface area contributed by atoms with E-state index in [4.69, 9.17) is 16.3 Å². The predicted molar refractivity (Wildman–Crippen MR) is 143 cm³/mol. The zero-order valence-corrected chi connectivity index (χ0v) is 22.5. The molecule has 4 heterocycles. The van der Waals surface area contributed by atoms with Crippen molar-refractivity contribution in [3.63, 3.8) is 0 Å². The number of hydrogen-bond donors (Lipinski definition) is 1. The molecular weight excluding hydrogens is 599 g/mol. The van der Waals surface area contributed by atoms with Gasteiger partial charge < -0.3 is 14.8 Å². The molecule has 1 atom stereocenters. The summed E-state index contributed by atoms with van der Waals surface area (Å²) in [5.74, 6) is -1.73. The number of carbonyl (C=O) groups is 1. The zero-order chi connectivity index (χ0) is 35.2. The minimum atomic E-state index is -4.74. The second-order valence-corrected chi connectivity index (χ2v) is 11.2. The van der Waals surface area contributed by atoms with E-state index in [-0.39, 0.29) is 29.0 Å². The van der Waals surface area contributed by atoms with Gasteiger partial charge in [-0.3, -0.25) is 9.78 Å². The van der Waals surface area contributed by atoms with Crippen LogP contribution in [0.25, 0.3) is 22.2 Å². The summed E-state index contributed by atoms with van der Waals surface area (Å²) in [4.78, 5) is 24.4. The summed E-state index contributed by atoms with van der Waals surface area (Å²) in [6.07, 6.45) is -4.93. The average Bonchev–Trinajstić information content (AvgIpc) is 3.12. The summed E-state index contributed by atoms with van der Waals surface area (Å²) in [6.45, 7) is -8.39. The van der Waals surface area contributed by atoms with Crippen LogP contribution in [0.3, 0.4) is 0 Å². The minimum Gasteiger partial charge on any atom is -0.477 e. The van der Waals surface area contributed by atoms with Gasteiger partial charge in [0.1, 0.15) is 5.69 Å². The molecule has 0 fully saturated rings. The minimum absolute atomic E-state index is 0.0224. The number of hydrogen-bond acceptors (Lipinski definition) is 8. The Morgan fingerprint density at radius 1 is 1.16 bits per heavy atom. The average molecular weight is 628 g/mol. The molecule has 0 spiro atoms. The highest BCUT2D eigenvalue weighted by Gasteiger charge is 2.36. The van der Waals surface area contributed by atoms with Gasteiger partial charge in [0.2, 0.25) is 21.2 Å². The first-order valence-electron chi connectivity index (χ1n) is 14.8. The SMILES string of the molecule is [2H]C([2H])([2H])C([2H])([2H])Oc1nc(C(F)F)ccc1-c1ccc2cnc(CNC(=O)c3cc(C(F)F)c4c(c3)S(=O)(=O)[C@@H](F)COC4)cc2n1. The Kier molecular flexibility index (Phi) is 6.86. The van der Waals surface area contributed by atoms with Gasteiger partial charge in [0.15, 0.2) is 0 Å². The summed E-state index contributed by atoms with van der Waals surface area (Å²) in [6, 6.07) is 7.96. The van der Waals surface area contributed by atoms with Crippen LogP contribution in [0.15, 0.2) is 53.6 Å². The molecule has 0 saturated carbocycles. The number of ether oxygens (including phenoxy) is 2. The number of halogens is 5. The molecule has 1 amide bonds. The number of nitrogens with one attached hydrogen (secondary N) is 1. The van der Waals surface area contributed by atoms with E-state index in [0.29, 0.717) is 5.39 Å². The number of benzene rings is 1. The van der Waals surface area contributed by atoms with Gasteiger partial charge in [-0.25, -0.2) is 40.3 Å². The molecule has 1 aliphatic heterocycles. The largest absolute Gasteiger partial charge is 0.477 e. The molecule has 226 valence electrons. The molecule has 3 aromatic heterocycles. The van der Waals surface area contributed by atoms with Crippen LogP contribution in [0.1, 0.15) is 59.4 Å². The Hall–Kier alpha value is -4.24. The van der Waals surface area contributed by atoms with Crippen molar-refractivity contribution in [3.05, 3.63) is 76.7 Å². The van der Waals surface area contributed by atoms with Gasteiger partial charge in [-0.15, -0.1) is 0 Å². The number of amides is 1. The van der Waals surface area contributed by atoms with E-state index >= 15 is 0 Å². The van der Waals surface area contributed by atoms with Crippen molar-refractivity contribution < 1.29 is 51.5 Å². The van der Waals surface area contributed by atoms with E-state index in [1.807, 2.05) is 0 Å². The van der Waals surface area contributed by atoms with Crippen LogP contribution in [0.2, 0.25) is 0 Å². The van der Waals surface area contributed by atoms with Crippen LogP contribution in [-0.2, 0) is 27.7 Å². The first-order chi connectivity index (χ1) is 22.4. The van der Waals surface area contributed by atoms with Crippen LogP contribution in [0, 0.1) is 0 Å². The third-order valence-electron chi connectivity index (χ3n) is 6.47. The smallest absolute Gasteiger partial charge is 0.280 e. The lowest BCUT2D eigenvalue weighted by Gasteiger charge is -2.15. The Labute approximate surface area is 249 Å². The molecule has 15 heteroatoms. The fourth-order valence-electron chi connectivity index (χ4n) is 4.36. The van der Waals surface area contributed by atoms with Gasteiger partial charge in [0.05, 0.1) is 56.4 Å². The first-order valence-corrected chi connectivity index (χ1v) is 13.9. The van der Waals surface area contributed by atoms with E-state index in [1.165, 1.54) is 24.4 Å². The summed E-state index contributed by atoms with van der Waals surface area (Å²) in [5, 5.41) is 2.88. The number of aromatic nitrogens is 3. The third kappa shape index (κ3) is 6.13. The molecule has 0 unspecified atom stereocenters. The number of rotatable bonds is 8. The van der Waals surface area contributed by atoms with Crippen LogP contribution < -0.4 is 10.1 Å². The van der Waals surface area contributed by atoms with Gasteiger partial charge in [0.25, 0.3) is 18.8 Å². The van der Waals surface area contributed by atoms with Crippen molar-refractivity contribution in [2.75, 3.05) is 13.2 Å². The first kappa shape index (κ1) is 24.2. The van der Waals surface area contributed by atoms with Crippen molar-refractivity contribution in [1.82, 2.24) is 20.3 Å². The maximum absolute atomic E-state index is 14.3. The molecule has 0 aliphatic carbocycles. The molecule has 1 N–H and O–H groups in total. The van der Waals surface area contributed by atoms with E-state index in [9.17, 15) is 35.2 Å². The number of alkyl halides is 5. The van der Waals surface area contributed by atoms with E-state index in [0.717, 1.165) is 24.3 Å². The van der Waals surface area contributed by atoms with Crippen molar-refractivity contribution in [2.24, 2.45) is 0 Å². The molecule has 43 heavy (non-hydrogen) atoms. The molecule has 9 nitrogen and oxygen atoms in total. The van der Waals surface area contributed by atoms with Gasteiger partial charge in [-0.1, -0.05) is 0 Å². The molecule has 0 saturated heterocycles. The lowest BCUT2D eigenvalue weighted by Crippen LogP contribution is -2.25. The second kappa shape index (κ2) is 12.2. The monoisotopic (exact) mass is 627 g/mol. The number of nitrogens with zero attached hydrogens (tertiary/aromatic N) is 3. The highest BCUT2D eigenvalue weighted by atomic mass is 32.2. The summed E-state index contributed by atoms with van der Waals surface area (Å²) in [7, 11) is -4.74. The standard InChI is InChI=1S/C28H23F5N4O5S/c1-2-42-28-17(4-6-21(37-28)26(32)33)20-5-3-14-10-34-16(9-22(14)36-20)11-35-27(38)15-7-18(25(30)31)19-12-41-13-24(29)43(39,40)23(19)8-15/h3-10,24-26H,2,11-13H2,1H3,(H,35,38)/t24-/m1/s1/i1D3,2D2. The Morgan fingerprint density at radius 3 is 2.72 bits per heavy atom. The summed E-state index contributed by atoms with van der Waals surface area (Å²) < 4.78 is 142. The number of pyridine rings is 3. The number of carbonyl (C=O) groups excluding carboxylic acids is 1. The van der Waals surface area contributed by atoms with Gasteiger partial charge >= 0.3 is 0 Å². The van der Waals surface area contributed by atoms with Crippen molar-refractivity contribution >= 4 is 26.6 Å². The second-order valence-electron chi connectivity index (χ2n) is 9.15. The van der Waals surface area contributed by atoms with Crippen molar-refractivity contribution in [3.8, 4) is 17.1 Å². The Balaban J connectivity index is 1.44. The highest BCUT2D eigenvalue weighted by Crippen LogP contribution is 2.35. The van der Waals surface area contributed by atoms with Gasteiger partial charge in [0, 0.05) is 32.4 Å². The van der Waals surface area contributed by atoms with Gasteiger partial charge in [-0.05, 0) is 49.3 Å². The lowest BCUT2D eigenvalue weighted by atomic mass is 10.0. The van der Waals surface area contributed by atoms with Crippen molar-refractivity contribution in [1.29, 1.82) is 0 Å². The Morgan fingerprint density at radius 2 is 1.98 bits per heavy atom. The van der Waals surface area contributed by atoms with Crippen LogP contribution in [-0.4, -0.2) is 47.9 Å². The maximum atomic E-state index is 14.3. The van der Waals surface area contributed by atoms with E-state index < -0.39 is 93.9 Å². The fraction of sp³-hybridized carbons (Fsp3) is 0.286. The van der Waals surface area contributed by atoms with Crippen LogP contribution in [0.4, 0.5) is 22.0 Å². The van der Waals surface area contributed by atoms with Crippen LogP contribution in [0.5, 0.6) is 5.88 Å². The van der Waals surface area contributed by atoms with E-state index in [2.05, 4.69) is 20.3 Å². The summed E-state index contributed by atoms with van der Waals surface area (Å²) >= 11 is 0. The highest BCUT2D eigenvalue weighted by molar-refractivity contribution is 7.92.